The number of nitrogens with zero attached hydrogens (tertiary/aromatic N) is 3. The molecule has 6 nitrogen and oxygen atoms in total. The van der Waals surface area contributed by atoms with E-state index in [9.17, 15) is 5.11 Å². The monoisotopic (exact) mass is 240 g/mol. The second-order valence-corrected chi connectivity index (χ2v) is 4.52. The number of aromatic nitrogens is 2. The van der Waals surface area contributed by atoms with Crippen LogP contribution in [0.25, 0.3) is 0 Å². The predicted octanol–water partition coefficient (Wildman–Crippen LogP) is 0.665. The van der Waals surface area contributed by atoms with E-state index in [0.717, 1.165) is 0 Å². The van der Waals surface area contributed by atoms with Gasteiger partial charge in [0.05, 0.1) is 12.2 Å². The summed E-state index contributed by atoms with van der Waals surface area (Å²) in [7, 11) is 1.81. The van der Waals surface area contributed by atoms with Crippen molar-refractivity contribution in [2.75, 3.05) is 30.8 Å². The number of likely N-dealkylation sites (N-methyl/N-ethyl adjacent to an activating group) is 1. The number of rotatable bonds is 5. The Morgan fingerprint density at radius 1 is 1.47 bits per heavy atom. The minimum Gasteiger partial charge on any atom is -0.476 e. The maximum atomic E-state index is 9.76. The molecule has 0 radical (unpaired) electrons. The molecule has 0 aliphatic rings. The zero-order valence-electron chi connectivity index (χ0n) is 10.8. The molecule has 1 aromatic rings. The summed E-state index contributed by atoms with van der Waals surface area (Å²) in [6.45, 7) is 6.23. The van der Waals surface area contributed by atoms with Gasteiger partial charge in [0.25, 0.3) is 0 Å². The summed E-state index contributed by atoms with van der Waals surface area (Å²) in [6.07, 6.45) is 1.40. The van der Waals surface area contributed by atoms with Crippen molar-refractivity contribution in [2.24, 2.45) is 0 Å². The largest absolute Gasteiger partial charge is 0.476 e. The highest BCUT2D eigenvalue weighted by Gasteiger charge is 2.19. The van der Waals surface area contributed by atoms with E-state index in [2.05, 4.69) is 9.97 Å². The highest BCUT2D eigenvalue weighted by molar-refractivity contribution is 5.67. The summed E-state index contributed by atoms with van der Waals surface area (Å²) in [6, 6.07) is 0. The second kappa shape index (κ2) is 5.18. The number of hydrogen-bond donors (Lipinski definition) is 2. The van der Waals surface area contributed by atoms with E-state index in [0.29, 0.717) is 30.5 Å². The lowest BCUT2D eigenvalue weighted by Crippen LogP contribution is -2.37. The lowest BCUT2D eigenvalue weighted by Gasteiger charge is -2.27. The summed E-state index contributed by atoms with van der Waals surface area (Å²) in [4.78, 5) is 9.84. The molecule has 3 N–H and O–H groups in total. The fourth-order valence-corrected chi connectivity index (χ4v) is 1.58. The standard InChI is InChI=1S/C11H20N4O2/c1-5-17-10-8(12)9(13-7-14-10)15(4)6-11(2,3)16/h7,16H,5-6,12H2,1-4H3. The van der Waals surface area contributed by atoms with Crippen LogP contribution in [0.3, 0.4) is 0 Å². The SMILES string of the molecule is CCOc1ncnc(N(C)CC(C)(C)O)c1N. The van der Waals surface area contributed by atoms with Crippen molar-refractivity contribution < 1.29 is 9.84 Å². The van der Waals surface area contributed by atoms with Crippen molar-refractivity contribution >= 4 is 11.5 Å². The van der Waals surface area contributed by atoms with Crippen molar-refractivity contribution in [1.82, 2.24) is 9.97 Å². The second-order valence-electron chi connectivity index (χ2n) is 4.52. The molecule has 0 bridgehead atoms. The van der Waals surface area contributed by atoms with Gasteiger partial charge in [-0.3, -0.25) is 0 Å². The van der Waals surface area contributed by atoms with Crippen LogP contribution in [0.2, 0.25) is 0 Å². The first-order chi connectivity index (χ1) is 7.85. The maximum Gasteiger partial charge on any atom is 0.242 e. The summed E-state index contributed by atoms with van der Waals surface area (Å²) in [5.74, 6) is 0.936. The van der Waals surface area contributed by atoms with Gasteiger partial charge in [-0.05, 0) is 20.8 Å². The zero-order valence-corrected chi connectivity index (χ0v) is 10.8. The molecule has 0 aliphatic carbocycles. The number of anilines is 2. The summed E-state index contributed by atoms with van der Waals surface area (Å²) in [5, 5.41) is 9.76. The van der Waals surface area contributed by atoms with Crippen molar-refractivity contribution in [3.05, 3.63) is 6.33 Å². The minimum absolute atomic E-state index is 0.375. The van der Waals surface area contributed by atoms with Crippen LogP contribution in [-0.4, -0.2) is 40.9 Å². The van der Waals surface area contributed by atoms with E-state index in [4.69, 9.17) is 10.5 Å². The summed E-state index contributed by atoms with van der Waals surface area (Å²) >= 11 is 0. The molecule has 0 spiro atoms. The van der Waals surface area contributed by atoms with Gasteiger partial charge in [-0.25, -0.2) is 4.98 Å². The molecule has 0 aliphatic heterocycles. The molecule has 17 heavy (non-hydrogen) atoms. The molecular formula is C11H20N4O2. The van der Waals surface area contributed by atoms with E-state index in [-0.39, 0.29) is 0 Å². The van der Waals surface area contributed by atoms with Crippen LogP contribution < -0.4 is 15.4 Å². The van der Waals surface area contributed by atoms with Crippen molar-refractivity contribution in [3.63, 3.8) is 0 Å². The van der Waals surface area contributed by atoms with Gasteiger partial charge < -0.3 is 20.5 Å². The Balaban J connectivity index is 2.94. The Morgan fingerprint density at radius 2 is 2.12 bits per heavy atom. The van der Waals surface area contributed by atoms with Gasteiger partial charge >= 0.3 is 0 Å². The van der Waals surface area contributed by atoms with E-state index < -0.39 is 5.60 Å². The molecule has 96 valence electrons. The van der Waals surface area contributed by atoms with Gasteiger partial charge in [-0.1, -0.05) is 0 Å². The fourth-order valence-electron chi connectivity index (χ4n) is 1.58. The first-order valence-corrected chi connectivity index (χ1v) is 5.52. The summed E-state index contributed by atoms with van der Waals surface area (Å²) < 4.78 is 5.29. The van der Waals surface area contributed by atoms with E-state index in [1.54, 1.807) is 18.7 Å². The predicted molar refractivity (Wildman–Crippen MR) is 67.2 cm³/mol. The highest BCUT2D eigenvalue weighted by Crippen LogP contribution is 2.27. The first kappa shape index (κ1) is 13.5. The molecule has 6 heteroatoms. The van der Waals surface area contributed by atoms with E-state index >= 15 is 0 Å². The molecule has 0 fully saturated rings. The minimum atomic E-state index is -0.822. The lowest BCUT2D eigenvalue weighted by molar-refractivity contribution is 0.0884. The van der Waals surface area contributed by atoms with Gasteiger partial charge in [0.2, 0.25) is 5.88 Å². The van der Waals surface area contributed by atoms with Crippen LogP contribution in [-0.2, 0) is 0 Å². The van der Waals surface area contributed by atoms with E-state index in [1.807, 2.05) is 14.0 Å². The Hall–Kier alpha value is -1.56. The number of nitrogen functional groups attached to an aromatic ring is 1. The molecule has 1 rings (SSSR count). The molecule has 0 atom stereocenters. The van der Waals surface area contributed by atoms with E-state index in [1.165, 1.54) is 6.33 Å². The Bertz CT molecular complexity index is 376. The molecule has 0 aromatic carbocycles. The number of ether oxygens (including phenoxy) is 1. The van der Waals surface area contributed by atoms with Crippen LogP contribution in [0.1, 0.15) is 20.8 Å². The Kier molecular flexibility index (Phi) is 4.11. The third-order valence-corrected chi connectivity index (χ3v) is 2.09. The molecule has 0 amide bonds. The third kappa shape index (κ3) is 3.74. The average Bonchev–Trinajstić information content (AvgIpc) is 2.18. The van der Waals surface area contributed by atoms with Crippen molar-refractivity contribution in [2.45, 2.75) is 26.4 Å². The van der Waals surface area contributed by atoms with Gasteiger partial charge in [0.15, 0.2) is 5.82 Å². The van der Waals surface area contributed by atoms with Crippen molar-refractivity contribution in [1.29, 1.82) is 0 Å². The first-order valence-electron chi connectivity index (χ1n) is 5.52. The third-order valence-electron chi connectivity index (χ3n) is 2.09. The molecular weight excluding hydrogens is 220 g/mol. The molecule has 0 saturated heterocycles. The Labute approximate surface area is 101 Å². The number of hydrogen-bond acceptors (Lipinski definition) is 6. The van der Waals surface area contributed by atoms with Crippen LogP contribution in [0, 0.1) is 0 Å². The molecule has 0 saturated carbocycles. The van der Waals surface area contributed by atoms with Crippen LogP contribution in [0.5, 0.6) is 5.88 Å². The quantitative estimate of drug-likeness (QED) is 0.786. The van der Waals surface area contributed by atoms with Gasteiger partial charge in [-0.2, -0.15) is 4.98 Å². The summed E-state index contributed by atoms with van der Waals surface area (Å²) in [5.41, 5.74) is 5.48. The molecule has 1 heterocycles. The molecule has 0 unspecified atom stereocenters. The van der Waals surface area contributed by atoms with Gasteiger partial charge in [-0.15, -0.1) is 0 Å². The number of nitrogens with two attached hydrogens (primary N) is 1. The zero-order chi connectivity index (χ0) is 13.1. The normalized spacial score (nSPS) is 11.4. The van der Waals surface area contributed by atoms with Gasteiger partial charge in [0, 0.05) is 13.6 Å². The fraction of sp³-hybridized carbons (Fsp3) is 0.636. The van der Waals surface area contributed by atoms with Crippen LogP contribution in [0.4, 0.5) is 11.5 Å². The lowest BCUT2D eigenvalue weighted by atomic mass is 10.1. The molecule has 1 aromatic heterocycles. The maximum absolute atomic E-state index is 9.76. The highest BCUT2D eigenvalue weighted by atomic mass is 16.5. The van der Waals surface area contributed by atoms with Crippen molar-refractivity contribution in [3.8, 4) is 5.88 Å². The van der Waals surface area contributed by atoms with Crippen LogP contribution >= 0.6 is 0 Å². The topological polar surface area (TPSA) is 84.5 Å². The van der Waals surface area contributed by atoms with Gasteiger partial charge in [0.1, 0.15) is 12.0 Å². The Morgan fingerprint density at radius 3 is 2.65 bits per heavy atom. The van der Waals surface area contributed by atoms with Crippen LogP contribution in [0.15, 0.2) is 6.33 Å². The number of aliphatic hydroxyl groups is 1. The average molecular weight is 240 g/mol. The smallest absolute Gasteiger partial charge is 0.242 e.